The number of hydrogen-bond acceptors (Lipinski definition) is 3. The maximum absolute atomic E-state index is 13.4. The average Bonchev–Trinajstić information content (AvgIpc) is 3.38. The molecule has 0 spiro atoms. The van der Waals surface area contributed by atoms with Crippen molar-refractivity contribution in [2.75, 3.05) is 19.6 Å². The third-order valence-electron chi connectivity index (χ3n) is 7.12. The summed E-state index contributed by atoms with van der Waals surface area (Å²) in [5, 5.41) is 3.15. The van der Waals surface area contributed by atoms with Gasteiger partial charge in [0, 0.05) is 37.9 Å². The molecule has 2 fully saturated rings. The van der Waals surface area contributed by atoms with Crippen LogP contribution in [0.4, 0.5) is 0 Å². The largest absolute Gasteiger partial charge is 0.356 e. The van der Waals surface area contributed by atoms with Crippen LogP contribution in [0.25, 0.3) is 11.1 Å². The predicted molar refractivity (Wildman–Crippen MR) is 127 cm³/mol. The minimum atomic E-state index is -0.556. The highest BCUT2D eigenvalue weighted by Crippen LogP contribution is 2.37. The molecule has 2 aliphatic rings. The third kappa shape index (κ3) is 5.03. The molecule has 4 rings (SSSR count). The van der Waals surface area contributed by atoms with Crippen molar-refractivity contribution in [3.63, 3.8) is 0 Å². The maximum atomic E-state index is 13.4. The topological polar surface area (TPSA) is 62.3 Å². The number of rotatable bonds is 7. The van der Waals surface area contributed by atoms with E-state index in [1.165, 1.54) is 0 Å². The minimum Gasteiger partial charge on any atom is -0.356 e. The van der Waals surface area contributed by atoms with E-state index in [1.54, 1.807) is 12.4 Å². The van der Waals surface area contributed by atoms with E-state index in [1.807, 2.05) is 17.0 Å². The molecule has 1 saturated carbocycles. The highest BCUT2D eigenvalue weighted by atomic mass is 16.2. The molecule has 1 N–H and O–H groups in total. The van der Waals surface area contributed by atoms with Crippen LogP contribution < -0.4 is 5.32 Å². The van der Waals surface area contributed by atoms with Crippen molar-refractivity contribution in [2.24, 2.45) is 11.3 Å². The van der Waals surface area contributed by atoms with Crippen LogP contribution >= 0.6 is 0 Å². The van der Waals surface area contributed by atoms with Crippen LogP contribution in [0.2, 0.25) is 0 Å². The summed E-state index contributed by atoms with van der Waals surface area (Å²) < 4.78 is 0. The fraction of sp³-hybridized carbons (Fsp3) is 0.519. The highest BCUT2D eigenvalue weighted by Gasteiger charge is 2.44. The number of pyridine rings is 1. The van der Waals surface area contributed by atoms with Crippen molar-refractivity contribution in [1.82, 2.24) is 15.2 Å². The van der Waals surface area contributed by atoms with Gasteiger partial charge in [-0.1, -0.05) is 44.0 Å². The van der Waals surface area contributed by atoms with Gasteiger partial charge in [-0.05, 0) is 67.3 Å². The summed E-state index contributed by atoms with van der Waals surface area (Å²) in [5.74, 6) is 0.522. The molecule has 5 nitrogen and oxygen atoms in total. The highest BCUT2D eigenvalue weighted by molar-refractivity contribution is 5.85. The van der Waals surface area contributed by atoms with Gasteiger partial charge in [-0.15, -0.1) is 0 Å². The normalized spacial score (nSPS) is 21.5. The number of aromatic nitrogens is 1. The second-order valence-corrected chi connectivity index (χ2v) is 9.49. The van der Waals surface area contributed by atoms with Gasteiger partial charge in [0.15, 0.2) is 0 Å². The van der Waals surface area contributed by atoms with E-state index < -0.39 is 5.41 Å². The Morgan fingerprint density at radius 3 is 2.41 bits per heavy atom. The molecule has 1 saturated heterocycles. The van der Waals surface area contributed by atoms with Gasteiger partial charge >= 0.3 is 0 Å². The molecule has 0 radical (unpaired) electrons. The van der Waals surface area contributed by atoms with Gasteiger partial charge in [-0.2, -0.15) is 0 Å². The number of hydrogen-bond donors (Lipinski definition) is 1. The van der Waals surface area contributed by atoms with E-state index in [0.717, 1.165) is 68.2 Å². The van der Waals surface area contributed by atoms with E-state index in [-0.39, 0.29) is 17.7 Å². The fourth-order valence-corrected chi connectivity index (χ4v) is 5.34. The molecule has 2 aromatic rings. The van der Waals surface area contributed by atoms with Gasteiger partial charge in [-0.3, -0.25) is 14.6 Å². The standard InChI is InChI=1S/C27H35N3O2/c1-2-15-29-26(32)27(14-5-18-30(20-27)25(31)24-6-3-4-7-24)19-21-8-10-22(11-9-21)23-12-16-28-17-13-23/h8-13,16-17,24H,2-7,14-15,18-20H2,1H3,(H,29,32). The Labute approximate surface area is 191 Å². The average molecular weight is 434 g/mol. The van der Waals surface area contributed by atoms with Crippen LogP contribution in [0.3, 0.4) is 0 Å². The van der Waals surface area contributed by atoms with Gasteiger partial charge in [0.2, 0.25) is 11.8 Å². The van der Waals surface area contributed by atoms with E-state index in [0.29, 0.717) is 19.5 Å². The molecular weight excluding hydrogens is 398 g/mol. The lowest BCUT2D eigenvalue weighted by molar-refractivity contribution is -0.144. The van der Waals surface area contributed by atoms with Crippen molar-refractivity contribution in [3.05, 3.63) is 54.4 Å². The number of nitrogens with zero attached hydrogens (tertiary/aromatic N) is 2. The third-order valence-corrected chi connectivity index (χ3v) is 7.12. The molecule has 1 atom stereocenters. The summed E-state index contributed by atoms with van der Waals surface area (Å²) in [6.07, 6.45) is 11.2. The quantitative estimate of drug-likeness (QED) is 0.693. The van der Waals surface area contributed by atoms with Gasteiger partial charge in [0.05, 0.1) is 5.41 Å². The first-order valence-corrected chi connectivity index (χ1v) is 12.2. The first-order valence-electron chi connectivity index (χ1n) is 12.2. The molecule has 2 amide bonds. The van der Waals surface area contributed by atoms with Crippen molar-refractivity contribution in [1.29, 1.82) is 0 Å². The van der Waals surface area contributed by atoms with Crippen LogP contribution in [-0.4, -0.2) is 41.3 Å². The van der Waals surface area contributed by atoms with Crippen molar-refractivity contribution in [3.8, 4) is 11.1 Å². The van der Waals surface area contributed by atoms with E-state index in [9.17, 15) is 9.59 Å². The van der Waals surface area contributed by atoms with Crippen molar-refractivity contribution in [2.45, 2.75) is 58.3 Å². The lowest BCUT2D eigenvalue weighted by Gasteiger charge is -2.42. The zero-order chi connectivity index (χ0) is 22.4. The van der Waals surface area contributed by atoms with Gasteiger partial charge in [0.25, 0.3) is 0 Å². The Hall–Kier alpha value is -2.69. The molecule has 5 heteroatoms. The Morgan fingerprint density at radius 1 is 1.03 bits per heavy atom. The fourth-order valence-electron chi connectivity index (χ4n) is 5.34. The number of carbonyl (C=O) groups excluding carboxylic acids is 2. The summed E-state index contributed by atoms with van der Waals surface area (Å²) in [7, 11) is 0. The minimum absolute atomic E-state index is 0.0986. The lowest BCUT2D eigenvalue weighted by Crippen LogP contribution is -2.55. The first-order chi connectivity index (χ1) is 15.6. The van der Waals surface area contributed by atoms with Crippen molar-refractivity contribution < 1.29 is 9.59 Å². The molecule has 1 aliphatic heterocycles. The predicted octanol–water partition coefficient (Wildman–Crippen LogP) is 4.62. The molecule has 170 valence electrons. The van der Waals surface area contributed by atoms with Crippen LogP contribution in [0, 0.1) is 11.3 Å². The molecule has 1 aromatic carbocycles. The van der Waals surface area contributed by atoms with E-state index >= 15 is 0 Å². The number of likely N-dealkylation sites (tertiary alicyclic amines) is 1. The maximum Gasteiger partial charge on any atom is 0.228 e. The Bertz CT molecular complexity index is 906. The zero-order valence-electron chi connectivity index (χ0n) is 19.2. The molecule has 0 bridgehead atoms. The molecular formula is C27H35N3O2. The van der Waals surface area contributed by atoms with E-state index in [2.05, 4.69) is 41.5 Å². The van der Waals surface area contributed by atoms with Crippen LogP contribution in [0.15, 0.2) is 48.8 Å². The summed E-state index contributed by atoms with van der Waals surface area (Å²) in [6, 6.07) is 12.5. The first kappa shape index (κ1) is 22.5. The van der Waals surface area contributed by atoms with Crippen molar-refractivity contribution >= 4 is 11.8 Å². The SMILES string of the molecule is CCCNC(=O)C1(Cc2ccc(-c3ccncc3)cc2)CCCN(C(=O)C2CCCC2)C1. The van der Waals surface area contributed by atoms with Gasteiger partial charge in [0.1, 0.15) is 0 Å². The number of carbonyl (C=O) groups is 2. The number of piperidine rings is 1. The molecule has 32 heavy (non-hydrogen) atoms. The summed E-state index contributed by atoms with van der Waals surface area (Å²) in [4.78, 5) is 32.7. The molecule has 2 heterocycles. The summed E-state index contributed by atoms with van der Waals surface area (Å²) in [6.45, 7) is 4.06. The van der Waals surface area contributed by atoms with Gasteiger partial charge in [-0.25, -0.2) is 0 Å². The smallest absolute Gasteiger partial charge is 0.228 e. The Balaban J connectivity index is 1.54. The zero-order valence-corrected chi connectivity index (χ0v) is 19.2. The van der Waals surface area contributed by atoms with Gasteiger partial charge < -0.3 is 10.2 Å². The molecule has 1 aromatic heterocycles. The molecule has 1 aliphatic carbocycles. The Morgan fingerprint density at radius 2 is 1.72 bits per heavy atom. The van der Waals surface area contributed by atoms with Crippen LogP contribution in [0.5, 0.6) is 0 Å². The number of amides is 2. The lowest BCUT2D eigenvalue weighted by atomic mass is 9.73. The number of benzene rings is 1. The second-order valence-electron chi connectivity index (χ2n) is 9.49. The monoisotopic (exact) mass is 433 g/mol. The summed E-state index contributed by atoms with van der Waals surface area (Å²) in [5.41, 5.74) is 2.86. The van der Waals surface area contributed by atoms with Crippen LogP contribution in [0.1, 0.15) is 57.4 Å². The molecule has 1 unspecified atom stereocenters. The van der Waals surface area contributed by atoms with Crippen LogP contribution in [-0.2, 0) is 16.0 Å². The number of nitrogens with one attached hydrogen (secondary N) is 1. The Kier molecular flexibility index (Phi) is 7.23. The van der Waals surface area contributed by atoms with E-state index in [4.69, 9.17) is 0 Å². The second kappa shape index (κ2) is 10.3. The summed E-state index contributed by atoms with van der Waals surface area (Å²) >= 11 is 0.